The molecule has 4 heteroatoms. The minimum Gasteiger partial charge on any atom is -0.309 e. The normalized spacial score (nSPS) is 11.0. The maximum Gasteiger partial charge on any atom is 0.156 e. The lowest BCUT2D eigenvalue weighted by atomic mass is 9.97. The molecule has 0 bridgehead atoms. The Labute approximate surface area is 296 Å². The number of rotatable bonds is 8. The predicted molar refractivity (Wildman–Crippen MR) is 211 cm³/mol. The van der Waals surface area contributed by atoms with Crippen molar-refractivity contribution in [2.45, 2.75) is 41.5 Å². The lowest BCUT2D eigenvalue weighted by molar-refractivity contribution is 1.12. The Bertz CT molecular complexity index is 2100. The van der Waals surface area contributed by atoms with Gasteiger partial charge in [-0.15, -0.1) is 0 Å². The Kier molecular flexibility index (Phi) is 9.02. The van der Waals surface area contributed by atoms with Crippen LogP contribution in [0.25, 0.3) is 22.3 Å². The molecule has 0 saturated carbocycles. The zero-order valence-corrected chi connectivity index (χ0v) is 29.6. The smallest absolute Gasteiger partial charge is 0.156 e. The average Bonchev–Trinajstić information content (AvgIpc) is 3.12. The van der Waals surface area contributed by atoms with Crippen LogP contribution in [0.3, 0.4) is 0 Å². The Morgan fingerprint density at radius 2 is 0.840 bits per heavy atom. The van der Waals surface area contributed by atoms with Crippen molar-refractivity contribution in [3.8, 4) is 22.3 Å². The van der Waals surface area contributed by atoms with Crippen molar-refractivity contribution in [1.82, 2.24) is 9.97 Å². The summed E-state index contributed by atoms with van der Waals surface area (Å²) < 4.78 is 0. The van der Waals surface area contributed by atoms with Crippen LogP contribution in [-0.2, 0) is 0 Å². The highest BCUT2D eigenvalue weighted by Crippen LogP contribution is 2.44. The molecular formula is C46H42N4. The molecule has 0 aliphatic heterocycles. The van der Waals surface area contributed by atoms with Gasteiger partial charge in [-0.1, -0.05) is 96.1 Å². The quantitative estimate of drug-likeness (QED) is 0.164. The van der Waals surface area contributed by atoms with E-state index in [1.54, 1.807) is 12.4 Å². The average molecular weight is 651 g/mol. The van der Waals surface area contributed by atoms with Crippen molar-refractivity contribution in [2.75, 3.05) is 9.80 Å². The minimum atomic E-state index is 0.747. The van der Waals surface area contributed by atoms with Crippen molar-refractivity contribution in [3.05, 3.63) is 179 Å². The van der Waals surface area contributed by atoms with E-state index in [9.17, 15) is 0 Å². The molecule has 0 aliphatic rings. The van der Waals surface area contributed by atoms with Gasteiger partial charge >= 0.3 is 0 Å². The third kappa shape index (κ3) is 6.53. The monoisotopic (exact) mass is 650 g/mol. The second-order valence-corrected chi connectivity index (χ2v) is 13.2. The van der Waals surface area contributed by atoms with Gasteiger partial charge in [0.2, 0.25) is 0 Å². The van der Waals surface area contributed by atoms with Gasteiger partial charge in [0.15, 0.2) is 5.82 Å². The van der Waals surface area contributed by atoms with E-state index in [1.807, 2.05) is 6.20 Å². The van der Waals surface area contributed by atoms with Crippen LogP contribution in [0.1, 0.15) is 33.4 Å². The molecule has 0 radical (unpaired) electrons. The summed E-state index contributed by atoms with van der Waals surface area (Å²) >= 11 is 0. The maximum absolute atomic E-state index is 4.81. The van der Waals surface area contributed by atoms with Gasteiger partial charge in [0.1, 0.15) is 0 Å². The highest BCUT2D eigenvalue weighted by Gasteiger charge is 2.23. The van der Waals surface area contributed by atoms with E-state index in [-0.39, 0.29) is 0 Å². The summed E-state index contributed by atoms with van der Waals surface area (Å²) in [7, 11) is 0. The highest BCUT2D eigenvalue weighted by molar-refractivity contribution is 5.87. The van der Waals surface area contributed by atoms with Gasteiger partial charge in [-0.05, 0) is 129 Å². The van der Waals surface area contributed by atoms with E-state index in [2.05, 4.69) is 184 Å². The summed E-state index contributed by atoms with van der Waals surface area (Å²) in [5.41, 5.74) is 17.6. The molecule has 0 unspecified atom stereocenters. The van der Waals surface area contributed by atoms with Crippen LogP contribution in [0.2, 0.25) is 0 Å². The number of benzene rings is 6. The summed E-state index contributed by atoms with van der Waals surface area (Å²) in [5, 5.41) is 0. The Morgan fingerprint density at radius 1 is 0.400 bits per heavy atom. The van der Waals surface area contributed by atoms with Crippen molar-refractivity contribution < 1.29 is 0 Å². The Morgan fingerprint density at radius 3 is 1.26 bits per heavy atom. The zero-order valence-electron chi connectivity index (χ0n) is 29.6. The summed E-state index contributed by atoms with van der Waals surface area (Å²) in [5.74, 6) is 0.747. The summed E-state index contributed by atoms with van der Waals surface area (Å²) in [6, 6.07) is 45.8. The fourth-order valence-electron chi connectivity index (χ4n) is 7.33. The molecule has 0 amide bonds. The highest BCUT2D eigenvalue weighted by atomic mass is 15.2. The van der Waals surface area contributed by atoms with Crippen LogP contribution >= 0.6 is 0 Å². The maximum atomic E-state index is 4.81. The standard InChI is InChI=1S/C46H42N4/c1-31-23-33(3)45(34(4)24-31)50(46-35(5)25-32(2)26-36(46)6)42-19-17-41(18-20-42)49(44-30-47-21-22-48-44)43-28-39(37-13-9-7-10-14-37)27-40(29-43)38-15-11-8-12-16-38/h7-30H,1-6H3. The third-order valence-corrected chi connectivity index (χ3v) is 9.25. The number of aromatic nitrogens is 2. The van der Waals surface area contributed by atoms with Gasteiger partial charge in [-0.25, -0.2) is 4.98 Å². The second kappa shape index (κ2) is 13.9. The molecular weight excluding hydrogens is 609 g/mol. The SMILES string of the molecule is Cc1cc(C)c(N(c2ccc(N(c3cc(-c4ccccc4)cc(-c4ccccc4)c3)c3cnccn3)cc2)c2c(C)cc(C)cc2C)c(C)c1. The van der Waals surface area contributed by atoms with Crippen molar-refractivity contribution in [3.63, 3.8) is 0 Å². The van der Waals surface area contributed by atoms with Crippen molar-refractivity contribution in [2.24, 2.45) is 0 Å². The first-order valence-corrected chi connectivity index (χ1v) is 17.1. The second-order valence-electron chi connectivity index (χ2n) is 13.2. The van der Waals surface area contributed by atoms with Crippen molar-refractivity contribution >= 4 is 34.3 Å². The molecule has 1 aromatic heterocycles. The molecule has 50 heavy (non-hydrogen) atoms. The summed E-state index contributed by atoms with van der Waals surface area (Å²) in [6.45, 7) is 13.2. The molecule has 0 atom stereocenters. The van der Waals surface area contributed by atoms with Gasteiger partial charge in [0.25, 0.3) is 0 Å². The van der Waals surface area contributed by atoms with Crippen LogP contribution in [0.15, 0.2) is 146 Å². The largest absolute Gasteiger partial charge is 0.309 e. The van der Waals surface area contributed by atoms with E-state index in [1.165, 1.54) is 44.8 Å². The minimum absolute atomic E-state index is 0.747. The molecule has 0 spiro atoms. The molecule has 4 nitrogen and oxygen atoms in total. The first-order valence-electron chi connectivity index (χ1n) is 17.1. The molecule has 7 aromatic rings. The van der Waals surface area contributed by atoms with Crippen LogP contribution in [-0.4, -0.2) is 9.97 Å². The van der Waals surface area contributed by atoms with Crippen LogP contribution in [0, 0.1) is 41.5 Å². The Hall–Kier alpha value is -6.00. The van der Waals surface area contributed by atoms with Gasteiger partial charge in [0.05, 0.1) is 17.6 Å². The fraction of sp³-hybridized carbons (Fsp3) is 0.130. The topological polar surface area (TPSA) is 32.3 Å². The number of hydrogen-bond donors (Lipinski definition) is 0. The van der Waals surface area contributed by atoms with Crippen molar-refractivity contribution in [1.29, 1.82) is 0 Å². The van der Waals surface area contributed by atoms with E-state index < -0.39 is 0 Å². The van der Waals surface area contributed by atoms with E-state index in [4.69, 9.17) is 4.98 Å². The van der Waals surface area contributed by atoms with Crippen LogP contribution in [0.4, 0.5) is 34.3 Å². The van der Waals surface area contributed by atoms with Crippen LogP contribution < -0.4 is 9.80 Å². The summed E-state index contributed by atoms with van der Waals surface area (Å²) in [4.78, 5) is 13.9. The number of aryl methyl sites for hydroxylation is 6. The fourth-order valence-corrected chi connectivity index (χ4v) is 7.33. The lowest BCUT2D eigenvalue weighted by Gasteiger charge is -2.32. The lowest BCUT2D eigenvalue weighted by Crippen LogP contribution is -2.16. The Balaban J connectivity index is 1.41. The molecule has 1 heterocycles. The molecule has 0 aliphatic carbocycles. The summed E-state index contributed by atoms with van der Waals surface area (Å²) in [6.07, 6.45) is 5.30. The molecule has 246 valence electrons. The molecule has 0 saturated heterocycles. The molecule has 0 fully saturated rings. The number of nitrogens with zero attached hydrogens (tertiary/aromatic N) is 4. The number of anilines is 6. The molecule has 6 aromatic carbocycles. The molecule has 0 N–H and O–H groups in total. The molecule has 7 rings (SSSR count). The number of hydrogen-bond acceptors (Lipinski definition) is 4. The predicted octanol–water partition coefficient (Wildman–Crippen LogP) is 12.6. The first kappa shape index (κ1) is 32.5. The first-order chi connectivity index (χ1) is 24.3. The van der Waals surface area contributed by atoms with Gasteiger partial charge in [-0.2, -0.15) is 0 Å². The third-order valence-electron chi connectivity index (χ3n) is 9.25. The van der Waals surface area contributed by atoms with E-state index in [0.29, 0.717) is 0 Å². The van der Waals surface area contributed by atoms with E-state index in [0.717, 1.165) is 45.1 Å². The van der Waals surface area contributed by atoms with Gasteiger partial charge in [-0.3, -0.25) is 9.88 Å². The van der Waals surface area contributed by atoms with Gasteiger partial charge in [0, 0.05) is 29.5 Å². The van der Waals surface area contributed by atoms with Crippen LogP contribution in [0.5, 0.6) is 0 Å². The van der Waals surface area contributed by atoms with Gasteiger partial charge < -0.3 is 4.90 Å². The van der Waals surface area contributed by atoms with E-state index >= 15 is 0 Å². The zero-order chi connectivity index (χ0) is 34.8.